The van der Waals surface area contributed by atoms with E-state index in [4.69, 9.17) is 4.74 Å². The molecule has 0 N–H and O–H groups in total. The summed E-state index contributed by atoms with van der Waals surface area (Å²) >= 11 is 0. The van der Waals surface area contributed by atoms with Crippen LogP contribution >= 0.6 is 0 Å². The Kier molecular flexibility index (Phi) is 3.44. The first-order valence-electron chi connectivity index (χ1n) is 4.38. The second-order valence-corrected chi connectivity index (χ2v) is 2.93. The zero-order valence-electron chi connectivity index (χ0n) is 8.87. The molecule has 0 unspecified atom stereocenters. The Bertz CT molecular complexity index is 396. The lowest BCUT2D eigenvalue weighted by Gasteiger charge is -2.09. The molecule has 0 fully saturated rings. The van der Waals surface area contributed by atoms with Crippen LogP contribution < -0.4 is 4.74 Å². The SMILES string of the molecule is COC(=O)c1cccc(C(C)=O)c1OC. The van der Waals surface area contributed by atoms with Gasteiger partial charge < -0.3 is 9.47 Å². The standard InChI is InChI=1S/C11H12O4/c1-7(12)8-5-4-6-9(10(8)14-2)11(13)15-3/h4-6H,1-3H3. The molecule has 0 amide bonds. The summed E-state index contributed by atoms with van der Waals surface area (Å²) in [7, 11) is 2.69. The van der Waals surface area contributed by atoms with Crippen LogP contribution in [0.3, 0.4) is 0 Å². The van der Waals surface area contributed by atoms with Gasteiger partial charge in [-0.15, -0.1) is 0 Å². The van der Waals surface area contributed by atoms with E-state index in [0.29, 0.717) is 5.56 Å². The number of carbonyl (C=O) groups excluding carboxylic acids is 2. The number of benzene rings is 1. The number of ketones is 1. The highest BCUT2D eigenvalue weighted by molar-refractivity contribution is 6.02. The van der Waals surface area contributed by atoms with Gasteiger partial charge in [0.1, 0.15) is 11.3 Å². The van der Waals surface area contributed by atoms with Gasteiger partial charge in [-0.05, 0) is 19.1 Å². The summed E-state index contributed by atoms with van der Waals surface area (Å²) in [6.45, 7) is 1.42. The predicted molar refractivity (Wildman–Crippen MR) is 54.3 cm³/mol. The molecule has 0 radical (unpaired) electrons. The van der Waals surface area contributed by atoms with Gasteiger partial charge in [0.15, 0.2) is 5.78 Å². The number of hydrogen-bond donors (Lipinski definition) is 0. The number of hydrogen-bond acceptors (Lipinski definition) is 4. The van der Waals surface area contributed by atoms with E-state index in [9.17, 15) is 9.59 Å². The molecule has 1 aromatic carbocycles. The second-order valence-electron chi connectivity index (χ2n) is 2.93. The molecule has 1 rings (SSSR count). The lowest BCUT2D eigenvalue weighted by molar-refractivity contribution is 0.0597. The molecule has 0 aromatic heterocycles. The minimum Gasteiger partial charge on any atom is -0.495 e. The van der Waals surface area contributed by atoms with Crippen LogP contribution in [0.1, 0.15) is 27.6 Å². The summed E-state index contributed by atoms with van der Waals surface area (Å²) in [6.07, 6.45) is 0. The Labute approximate surface area is 87.8 Å². The van der Waals surface area contributed by atoms with E-state index < -0.39 is 5.97 Å². The van der Waals surface area contributed by atoms with E-state index >= 15 is 0 Å². The van der Waals surface area contributed by atoms with Crippen LogP contribution in [0.25, 0.3) is 0 Å². The molecule has 4 nitrogen and oxygen atoms in total. The van der Waals surface area contributed by atoms with Crippen molar-refractivity contribution in [3.63, 3.8) is 0 Å². The first-order valence-corrected chi connectivity index (χ1v) is 4.38. The van der Waals surface area contributed by atoms with Gasteiger partial charge >= 0.3 is 5.97 Å². The van der Waals surface area contributed by atoms with E-state index in [1.165, 1.54) is 21.1 Å². The number of rotatable bonds is 3. The maximum atomic E-state index is 11.4. The van der Waals surface area contributed by atoms with E-state index in [-0.39, 0.29) is 17.1 Å². The van der Waals surface area contributed by atoms with Crippen LogP contribution in [-0.4, -0.2) is 26.0 Å². The maximum absolute atomic E-state index is 11.4. The Morgan fingerprint density at radius 3 is 2.20 bits per heavy atom. The van der Waals surface area contributed by atoms with Crippen LogP contribution in [0.15, 0.2) is 18.2 Å². The smallest absolute Gasteiger partial charge is 0.341 e. The molecule has 0 spiro atoms. The van der Waals surface area contributed by atoms with Gasteiger partial charge in [-0.3, -0.25) is 4.79 Å². The number of carbonyl (C=O) groups is 2. The number of Topliss-reactive ketones (excluding diaryl/α,β-unsaturated/α-hetero) is 1. The molecule has 80 valence electrons. The van der Waals surface area contributed by atoms with Gasteiger partial charge in [-0.1, -0.05) is 6.07 Å². The van der Waals surface area contributed by atoms with Crippen molar-refractivity contribution in [2.24, 2.45) is 0 Å². The molecule has 0 aliphatic rings. The van der Waals surface area contributed by atoms with Gasteiger partial charge in [-0.2, -0.15) is 0 Å². The van der Waals surface area contributed by atoms with Crippen molar-refractivity contribution in [1.82, 2.24) is 0 Å². The minimum atomic E-state index is -0.519. The van der Waals surface area contributed by atoms with E-state index in [1.54, 1.807) is 18.2 Å². The molecule has 0 aliphatic heterocycles. The van der Waals surface area contributed by atoms with Crippen LogP contribution in [0.5, 0.6) is 5.75 Å². The van der Waals surface area contributed by atoms with Crippen molar-refractivity contribution in [3.8, 4) is 5.75 Å². The third-order valence-corrected chi connectivity index (χ3v) is 2.00. The Morgan fingerprint density at radius 1 is 1.13 bits per heavy atom. The van der Waals surface area contributed by atoms with Crippen molar-refractivity contribution in [3.05, 3.63) is 29.3 Å². The summed E-state index contributed by atoms with van der Waals surface area (Å²) in [6, 6.07) is 4.77. The number of methoxy groups -OCH3 is 2. The van der Waals surface area contributed by atoms with Gasteiger partial charge in [0.25, 0.3) is 0 Å². The lowest BCUT2D eigenvalue weighted by atomic mass is 10.1. The first-order chi connectivity index (χ1) is 7.11. The molecule has 0 bridgehead atoms. The van der Waals surface area contributed by atoms with Gasteiger partial charge in [0, 0.05) is 0 Å². The van der Waals surface area contributed by atoms with Crippen LogP contribution in [0.4, 0.5) is 0 Å². The number of para-hydroxylation sites is 1. The molecule has 0 atom stereocenters. The molecular weight excluding hydrogens is 196 g/mol. The fourth-order valence-corrected chi connectivity index (χ4v) is 1.30. The summed E-state index contributed by atoms with van der Waals surface area (Å²) in [5, 5.41) is 0. The molecule has 0 heterocycles. The zero-order chi connectivity index (χ0) is 11.4. The average molecular weight is 208 g/mol. The highest BCUT2D eigenvalue weighted by atomic mass is 16.5. The molecule has 15 heavy (non-hydrogen) atoms. The third kappa shape index (κ3) is 2.15. The van der Waals surface area contributed by atoms with Crippen molar-refractivity contribution in [1.29, 1.82) is 0 Å². The van der Waals surface area contributed by atoms with E-state index in [2.05, 4.69) is 4.74 Å². The molecular formula is C11H12O4. The predicted octanol–water partition coefficient (Wildman–Crippen LogP) is 1.68. The monoisotopic (exact) mass is 208 g/mol. The average Bonchev–Trinajstić information content (AvgIpc) is 2.26. The molecule has 0 saturated carbocycles. The Balaban J connectivity index is 3.34. The Hall–Kier alpha value is -1.84. The molecule has 4 heteroatoms. The number of esters is 1. The van der Waals surface area contributed by atoms with Crippen molar-refractivity contribution in [2.45, 2.75) is 6.92 Å². The summed E-state index contributed by atoms with van der Waals surface area (Å²) in [5.41, 5.74) is 0.633. The summed E-state index contributed by atoms with van der Waals surface area (Å²) in [4.78, 5) is 22.6. The van der Waals surface area contributed by atoms with Gasteiger partial charge in [-0.25, -0.2) is 4.79 Å². The first kappa shape index (κ1) is 11.2. The van der Waals surface area contributed by atoms with Crippen molar-refractivity contribution < 1.29 is 19.1 Å². The number of ether oxygens (including phenoxy) is 2. The van der Waals surface area contributed by atoms with Crippen LogP contribution in [0, 0.1) is 0 Å². The highest BCUT2D eigenvalue weighted by Crippen LogP contribution is 2.24. The fraction of sp³-hybridized carbons (Fsp3) is 0.273. The third-order valence-electron chi connectivity index (χ3n) is 2.00. The highest BCUT2D eigenvalue weighted by Gasteiger charge is 2.17. The van der Waals surface area contributed by atoms with E-state index in [1.807, 2.05) is 0 Å². The van der Waals surface area contributed by atoms with Crippen LogP contribution in [-0.2, 0) is 4.74 Å². The van der Waals surface area contributed by atoms with E-state index in [0.717, 1.165) is 0 Å². The molecule has 1 aromatic rings. The fourth-order valence-electron chi connectivity index (χ4n) is 1.30. The summed E-state index contributed by atoms with van der Waals surface area (Å²) < 4.78 is 9.62. The maximum Gasteiger partial charge on any atom is 0.341 e. The largest absolute Gasteiger partial charge is 0.495 e. The van der Waals surface area contributed by atoms with Crippen molar-refractivity contribution >= 4 is 11.8 Å². The molecule has 0 aliphatic carbocycles. The van der Waals surface area contributed by atoms with Crippen molar-refractivity contribution in [2.75, 3.05) is 14.2 Å². The van der Waals surface area contributed by atoms with Crippen LogP contribution in [0.2, 0.25) is 0 Å². The normalized spacial score (nSPS) is 9.53. The Morgan fingerprint density at radius 2 is 1.73 bits per heavy atom. The van der Waals surface area contributed by atoms with Gasteiger partial charge in [0.05, 0.1) is 19.8 Å². The molecule has 0 saturated heterocycles. The summed E-state index contributed by atoms with van der Waals surface area (Å²) in [5.74, 6) is -0.413. The van der Waals surface area contributed by atoms with Gasteiger partial charge in [0.2, 0.25) is 0 Å². The zero-order valence-corrected chi connectivity index (χ0v) is 8.87. The quantitative estimate of drug-likeness (QED) is 0.560. The topological polar surface area (TPSA) is 52.6 Å². The second kappa shape index (κ2) is 4.59. The lowest BCUT2D eigenvalue weighted by Crippen LogP contribution is -2.07. The minimum absolute atomic E-state index is 0.155.